The van der Waals surface area contributed by atoms with E-state index >= 15 is 0 Å². The molecule has 0 saturated carbocycles. The predicted molar refractivity (Wildman–Crippen MR) is 196 cm³/mol. The Morgan fingerprint density at radius 3 is 1.58 bits per heavy atom. The van der Waals surface area contributed by atoms with Crippen LogP contribution in [0, 0.1) is 12.1 Å². The van der Waals surface area contributed by atoms with Crippen molar-refractivity contribution in [3.05, 3.63) is 158 Å². The number of anilines is 6. The van der Waals surface area contributed by atoms with E-state index in [1.54, 1.807) is 0 Å². The van der Waals surface area contributed by atoms with Crippen molar-refractivity contribution in [2.24, 2.45) is 0 Å². The second kappa shape index (κ2) is 9.61. The minimum atomic E-state index is -0.0195. The lowest BCUT2D eigenvalue weighted by atomic mass is 9.32. The van der Waals surface area contributed by atoms with Gasteiger partial charge in [-0.2, -0.15) is 0 Å². The van der Waals surface area contributed by atoms with E-state index in [9.17, 15) is 0 Å². The Bertz CT molecular complexity index is 2280. The molecule has 0 bridgehead atoms. The molecule has 0 atom stereocenters. The van der Waals surface area contributed by atoms with Gasteiger partial charge >= 0.3 is 0 Å². The van der Waals surface area contributed by atoms with Gasteiger partial charge < -0.3 is 19.3 Å². The average molecular weight is 610 g/mol. The molecule has 4 nitrogen and oxygen atoms in total. The number of ether oxygens (including phenoxy) is 2. The molecule has 6 heteroatoms. The van der Waals surface area contributed by atoms with Gasteiger partial charge in [0.1, 0.15) is 23.0 Å². The normalized spacial score (nSPS) is 13.8. The molecule has 0 aliphatic carbocycles. The summed E-state index contributed by atoms with van der Waals surface area (Å²) in [6.07, 6.45) is 0. The molecule has 0 amide bonds. The molecule has 0 fully saturated rings. The third kappa shape index (κ3) is 3.43. The fourth-order valence-corrected chi connectivity index (χ4v) is 8.35. The number of fused-ring (bicyclic) bond motifs is 8. The van der Waals surface area contributed by atoms with E-state index in [-0.39, 0.29) is 13.4 Å². The lowest BCUT2D eigenvalue weighted by molar-refractivity contribution is 0.476. The Morgan fingerprint density at radius 2 is 0.979 bits per heavy atom. The smallest absolute Gasteiger partial charge is 0.256 e. The quantitative estimate of drug-likeness (QED) is 0.221. The number of para-hydroxylation sites is 3. The molecule has 0 N–H and O–H groups in total. The van der Waals surface area contributed by atoms with Gasteiger partial charge in [0, 0.05) is 28.4 Å². The Labute approximate surface area is 279 Å². The van der Waals surface area contributed by atoms with Crippen molar-refractivity contribution in [2.45, 2.75) is 0 Å². The maximum Gasteiger partial charge on any atom is 0.256 e. The Hall–Kier alpha value is -6.31. The van der Waals surface area contributed by atoms with Crippen molar-refractivity contribution in [1.29, 1.82) is 0 Å². The third-order valence-electron chi connectivity index (χ3n) is 10.2. The van der Waals surface area contributed by atoms with Crippen LogP contribution in [0.4, 0.5) is 34.1 Å². The van der Waals surface area contributed by atoms with Crippen LogP contribution in [-0.4, -0.2) is 13.4 Å². The lowest BCUT2D eigenvalue weighted by Crippen LogP contribution is -2.62. The van der Waals surface area contributed by atoms with E-state index in [1.807, 2.05) is 12.1 Å². The van der Waals surface area contributed by atoms with Crippen LogP contribution in [0.2, 0.25) is 0 Å². The first-order chi connectivity index (χ1) is 23.8. The number of rotatable bonds is 2. The fourth-order valence-electron chi connectivity index (χ4n) is 8.35. The number of hydrogen-bond donors (Lipinski definition) is 0. The Balaban J connectivity index is 1.13. The van der Waals surface area contributed by atoms with Gasteiger partial charge in [-0.05, 0) is 112 Å². The second-order valence-electron chi connectivity index (χ2n) is 12.7. The first-order valence-corrected chi connectivity index (χ1v) is 16.3. The van der Waals surface area contributed by atoms with Crippen molar-refractivity contribution in [2.75, 3.05) is 9.80 Å². The van der Waals surface area contributed by atoms with Crippen LogP contribution in [0.15, 0.2) is 146 Å². The molecule has 11 rings (SSSR count). The highest BCUT2D eigenvalue weighted by Gasteiger charge is 2.46. The summed E-state index contributed by atoms with van der Waals surface area (Å²) in [5.41, 5.74) is 13.6. The van der Waals surface area contributed by atoms with Crippen LogP contribution in [-0.2, 0) is 0 Å². The van der Waals surface area contributed by atoms with Gasteiger partial charge in [-0.1, -0.05) is 78.9 Å². The molecule has 48 heavy (non-hydrogen) atoms. The molecule has 0 unspecified atom stereocenters. The maximum absolute atomic E-state index is 6.90. The SMILES string of the molecule is c1cccc(N2c3ccccc3B3c4cc5c(cc4Oc4cccc2c43)B2c3ccccc3N(c3ccccc3)c3cccc(c32)O5)c#1. The summed E-state index contributed by atoms with van der Waals surface area (Å²) >= 11 is 0. The second-order valence-corrected chi connectivity index (χ2v) is 12.7. The van der Waals surface area contributed by atoms with Crippen LogP contribution in [0.5, 0.6) is 23.0 Å². The summed E-state index contributed by atoms with van der Waals surface area (Å²) in [6, 6.07) is 57.8. The molecule has 220 valence electrons. The summed E-state index contributed by atoms with van der Waals surface area (Å²) in [4.78, 5) is 4.64. The lowest BCUT2D eigenvalue weighted by Gasteiger charge is -2.41. The highest BCUT2D eigenvalue weighted by Crippen LogP contribution is 2.43. The number of benzene rings is 6. The summed E-state index contributed by atoms with van der Waals surface area (Å²) < 4.78 is 13.8. The monoisotopic (exact) mass is 610 g/mol. The largest absolute Gasteiger partial charge is 0.458 e. The maximum atomic E-state index is 6.90. The van der Waals surface area contributed by atoms with Crippen LogP contribution in [0.25, 0.3) is 0 Å². The number of hydrogen-bond acceptors (Lipinski definition) is 4. The van der Waals surface area contributed by atoms with Gasteiger partial charge in [0.25, 0.3) is 13.4 Å². The topological polar surface area (TPSA) is 24.9 Å². The van der Waals surface area contributed by atoms with Crippen LogP contribution in [0.3, 0.4) is 0 Å². The highest BCUT2D eigenvalue weighted by atomic mass is 16.5. The van der Waals surface area contributed by atoms with Crippen LogP contribution >= 0.6 is 0 Å². The molecule has 0 aromatic heterocycles. The van der Waals surface area contributed by atoms with Crippen molar-refractivity contribution in [1.82, 2.24) is 0 Å². The van der Waals surface area contributed by atoms with E-state index in [4.69, 9.17) is 9.47 Å². The first-order valence-electron chi connectivity index (χ1n) is 16.3. The van der Waals surface area contributed by atoms with E-state index in [0.717, 1.165) is 67.8 Å². The van der Waals surface area contributed by atoms with E-state index in [2.05, 4.69) is 155 Å². The zero-order valence-electron chi connectivity index (χ0n) is 25.7. The molecule has 7 aromatic rings. The molecule has 0 radical (unpaired) electrons. The molecule has 4 aliphatic heterocycles. The zero-order chi connectivity index (χ0) is 31.3. The third-order valence-corrected chi connectivity index (χ3v) is 10.2. The van der Waals surface area contributed by atoms with Crippen LogP contribution < -0.4 is 52.1 Å². The van der Waals surface area contributed by atoms with E-state index in [1.165, 1.54) is 22.1 Å². The van der Waals surface area contributed by atoms with Crippen molar-refractivity contribution < 1.29 is 9.47 Å². The molecule has 7 aromatic carbocycles. The zero-order valence-corrected chi connectivity index (χ0v) is 25.7. The van der Waals surface area contributed by atoms with E-state index in [0.29, 0.717) is 0 Å². The van der Waals surface area contributed by atoms with Gasteiger partial charge in [-0.15, -0.1) is 0 Å². The Morgan fingerprint density at radius 1 is 0.438 bits per heavy atom. The van der Waals surface area contributed by atoms with Crippen molar-refractivity contribution >= 4 is 80.3 Å². The van der Waals surface area contributed by atoms with Gasteiger partial charge in [-0.25, -0.2) is 0 Å². The summed E-state index contributed by atoms with van der Waals surface area (Å²) in [7, 11) is 0. The summed E-state index contributed by atoms with van der Waals surface area (Å²) in [6.45, 7) is -0.0225. The van der Waals surface area contributed by atoms with Crippen LogP contribution in [0.1, 0.15) is 0 Å². The molecule has 0 saturated heterocycles. The highest BCUT2D eigenvalue weighted by molar-refractivity contribution is 7.01. The van der Waals surface area contributed by atoms with Gasteiger partial charge in [0.2, 0.25) is 0 Å². The summed E-state index contributed by atoms with van der Waals surface area (Å²) in [5, 5.41) is 0. The first kappa shape index (κ1) is 25.8. The molecular weight excluding hydrogens is 586 g/mol. The van der Waals surface area contributed by atoms with E-state index < -0.39 is 0 Å². The molecule has 4 aliphatic rings. The van der Waals surface area contributed by atoms with Gasteiger partial charge in [-0.3, -0.25) is 0 Å². The predicted octanol–water partition coefficient (Wildman–Crippen LogP) is 6.10. The minimum Gasteiger partial charge on any atom is -0.458 e. The van der Waals surface area contributed by atoms with Crippen molar-refractivity contribution in [3.8, 4) is 23.0 Å². The molecule has 0 spiro atoms. The van der Waals surface area contributed by atoms with Gasteiger partial charge in [0.15, 0.2) is 0 Å². The van der Waals surface area contributed by atoms with Gasteiger partial charge in [0.05, 0.1) is 5.69 Å². The van der Waals surface area contributed by atoms with Crippen molar-refractivity contribution in [3.63, 3.8) is 0 Å². The molecular formula is C42H24B2N2O2. The summed E-state index contributed by atoms with van der Waals surface area (Å²) in [5.74, 6) is 3.52. The molecule has 4 heterocycles. The Kier molecular flexibility index (Phi) is 5.17. The minimum absolute atomic E-state index is 0.00301. The standard InChI is InChI=1S/C42H24B2N2O2/c1-3-13-27(14-4-1)45-33-19-9-7-17-29(33)43-31-25-40-32(26-39(31)47-37-23-11-21-35(45)41(37)43)44-30-18-8-10-20-34(30)46(28-15-5-2-6-16-28)36-22-12-24-38(48-40)42(36)44/h1-5,7-15,17-26H. The number of nitrogens with zero attached hydrogens (tertiary/aromatic N) is 2. The fraction of sp³-hybridized carbons (Fsp3) is 0. The average Bonchev–Trinajstić information content (AvgIpc) is 3.14.